The number of ether oxygens (including phenoxy) is 1. The Morgan fingerprint density at radius 1 is 1.15 bits per heavy atom. The predicted molar refractivity (Wildman–Crippen MR) is 102 cm³/mol. The molecule has 0 amide bonds. The largest absolute Gasteiger partial charge is 0.494 e. The van der Waals surface area contributed by atoms with Gasteiger partial charge in [0.15, 0.2) is 5.78 Å². The Morgan fingerprint density at radius 3 is 2.65 bits per heavy atom. The topological polar surface area (TPSA) is 44.1 Å². The standard InChI is InChI=1S/C21H19ClN2O2/c1-13-21-17(10-15(11-19(21)25)14-6-4-3-5-7-14)23-24(13)18-12-16(22)8-9-20(18)26-2/h3-9,12,15H,10-11H2,1-2H3/t15-/m0/s1. The van der Waals surface area contributed by atoms with Gasteiger partial charge in [0.25, 0.3) is 0 Å². The van der Waals surface area contributed by atoms with Crippen LogP contribution in [-0.2, 0) is 6.42 Å². The Hall–Kier alpha value is -2.59. The van der Waals surface area contributed by atoms with Gasteiger partial charge in [-0.2, -0.15) is 5.10 Å². The molecule has 1 aliphatic carbocycles. The van der Waals surface area contributed by atoms with Crippen molar-refractivity contribution in [3.05, 3.63) is 76.1 Å². The molecule has 1 atom stereocenters. The van der Waals surface area contributed by atoms with Gasteiger partial charge < -0.3 is 4.74 Å². The Kier molecular flexibility index (Phi) is 4.29. The van der Waals surface area contributed by atoms with Crippen LogP contribution in [0.25, 0.3) is 5.69 Å². The molecule has 1 aliphatic rings. The lowest BCUT2D eigenvalue weighted by Gasteiger charge is -2.20. The minimum atomic E-state index is 0.143. The monoisotopic (exact) mass is 366 g/mol. The zero-order chi connectivity index (χ0) is 18.3. The number of hydrogen-bond acceptors (Lipinski definition) is 3. The normalized spacial score (nSPS) is 16.4. The first-order valence-electron chi connectivity index (χ1n) is 8.59. The number of methoxy groups -OCH3 is 1. The van der Waals surface area contributed by atoms with Crippen molar-refractivity contribution < 1.29 is 9.53 Å². The average molecular weight is 367 g/mol. The highest BCUT2D eigenvalue weighted by atomic mass is 35.5. The predicted octanol–water partition coefficient (Wildman–Crippen LogP) is 4.76. The maximum atomic E-state index is 12.8. The van der Waals surface area contributed by atoms with E-state index in [1.54, 1.807) is 17.9 Å². The van der Waals surface area contributed by atoms with Crippen LogP contribution >= 0.6 is 11.6 Å². The van der Waals surface area contributed by atoms with Gasteiger partial charge in [-0.3, -0.25) is 4.79 Å². The number of benzene rings is 2. The summed E-state index contributed by atoms with van der Waals surface area (Å²) in [4.78, 5) is 12.8. The van der Waals surface area contributed by atoms with Gasteiger partial charge in [-0.1, -0.05) is 41.9 Å². The number of aromatic nitrogens is 2. The molecule has 0 fully saturated rings. The summed E-state index contributed by atoms with van der Waals surface area (Å²) in [6.45, 7) is 1.92. The third-order valence-electron chi connectivity index (χ3n) is 4.98. The molecule has 5 heteroatoms. The third kappa shape index (κ3) is 2.80. The van der Waals surface area contributed by atoms with Gasteiger partial charge in [0.05, 0.1) is 24.1 Å². The summed E-state index contributed by atoms with van der Waals surface area (Å²) in [5.74, 6) is 0.981. The summed E-state index contributed by atoms with van der Waals surface area (Å²) in [6, 6.07) is 15.6. The van der Waals surface area contributed by atoms with Crippen molar-refractivity contribution in [1.29, 1.82) is 0 Å². The van der Waals surface area contributed by atoms with Crippen LogP contribution in [0.4, 0.5) is 0 Å². The maximum Gasteiger partial charge on any atom is 0.167 e. The molecule has 2 aromatic carbocycles. The molecular weight excluding hydrogens is 348 g/mol. The number of carbonyl (C=O) groups is 1. The molecule has 132 valence electrons. The fourth-order valence-corrected chi connectivity index (χ4v) is 3.89. The van der Waals surface area contributed by atoms with Crippen molar-refractivity contribution in [2.45, 2.75) is 25.7 Å². The van der Waals surface area contributed by atoms with Gasteiger partial charge in [0, 0.05) is 11.4 Å². The third-order valence-corrected chi connectivity index (χ3v) is 5.21. The first-order chi connectivity index (χ1) is 12.6. The highest BCUT2D eigenvalue weighted by Gasteiger charge is 2.32. The fraction of sp³-hybridized carbons (Fsp3) is 0.238. The SMILES string of the molecule is COc1ccc(Cl)cc1-n1nc2c(c1C)C(=O)C[C@@H](c1ccccc1)C2. The summed E-state index contributed by atoms with van der Waals surface area (Å²) < 4.78 is 7.23. The van der Waals surface area contributed by atoms with Crippen molar-refractivity contribution in [1.82, 2.24) is 9.78 Å². The van der Waals surface area contributed by atoms with E-state index < -0.39 is 0 Å². The van der Waals surface area contributed by atoms with Gasteiger partial charge in [0.2, 0.25) is 0 Å². The minimum Gasteiger partial charge on any atom is -0.494 e. The molecule has 0 radical (unpaired) electrons. The Balaban J connectivity index is 1.79. The van der Waals surface area contributed by atoms with Crippen molar-refractivity contribution in [2.24, 2.45) is 0 Å². The van der Waals surface area contributed by atoms with E-state index >= 15 is 0 Å². The number of hydrogen-bond donors (Lipinski definition) is 0. The number of carbonyl (C=O) groups excluding carboxylic acids is 1. The molecule has 0 aliphatic heterocycles. The van der Waals surface area contributed by atoms with Crippen molar-refractivity contribution in [3.63, 3.8) is 0 Å². The lowest BCUT2D eigenvalue weighted by Crippen LogP contribution is -2.18. The van der Waals surface area contributed by atoms with E-state index in [0.717, 1.165) is 29.1 Å². The van der Waals surface area contributed by atoms with Crippen molar-refractivity contribution in [2.75, 3.05) is 7.11 Å². The van der Waals surface area contributed by atoms with Crippen LogP contribution in [-0.4, -0.2) is 22.7 Å². The second-order valence-electron chi connectivity index (χ2n) is 6.57. The van der Waals surface area contributed by atoms with Gasteiger partial charge in [0.1, 0.15) is 11.4 Å². The second-order valence-corrected chi connectivity index (χ2v) is 7.01. The van der Waals surface area contributed by atoms with Crippen molar-refractivity contribution >= 4 is 17.4 Å². The first-order valence-corrected chi connectivity index (χ1v) is 8.97. The highest BCUT2D eigenvalue weighted by molar-refractivity contribution is 6.30. The second kappa shape index (κ2) is 6.61. The highest BCUT2D eigenvalue weighted by Crippen LogP contribution is 2.36. The van der Waals surface area contributed by atoms with E-state index in [2.05, 4.69) is 12.1 Å². The molecule has 0 saturated heterocycles. The van der Waals surface area contributed by atoms with Gasteiger partial charge >= 0.3 is 0 Å². The Labute approximate surface area is 157 Å². The molecule has 1 heterocycles. The molecule has 0 N–H and O–H groups in total. The number of ketones is 1. The molecule has 1 aromatic heterocycles. The number of rotatable bonds is 3. The number of Topliss-reactive ketones (excluding diaryl/α,β-unsaturated/α-hetero) is 1. The minimum absolute atomic E-state index is 0.143. The van der Waals surface area contributed by atoms with Crippen LogP contribution < -0.4 is 4.74 Å². The average Bonchev–Trinajstić information content (AvgIpc) is 2.99. The molecule has 4 nitrogen and oxygen atoms in total. The van der Waals surface area contributed by atoms with Gasteiger partial charge in [-0.05, 0) is 43.0 Å². The molecule has 0 bridgehead atoms. The van der Waals surface area contributed by atoms with Gasteiger partial charge in [-0.15, -0.1) is 0 Å². The molecule has 4 rings (SSSR count). The van der Waals surface area contributed by atoms with Crippen LogP contribution in [0.3, 0.4) is 0 Å². The van der Waals surface area contributed by atoms with Crippen LogP contribution in [0, 0.1) is 6.92 Å². The van der Waals surface area contributed by atoms with E-state index in [1.807, 2.05) is 37.3 Å². The summed E-state index contributed by atoms with van der Waals surface area (Å²) in [7, 11) is 1.61. The van der Waals surface area contributed by atoms with E-state index in [0.29, 0.717) is 17.2 Å². The van der Waals surface area contributed by atoms with E-state index in [1.165, 1.54) is 5.56 Å². The molecule has 0 saturated carbocycles. The lowest BCUT2D eigenvalue weighted by molar-refractivity contribution is 0.0963. The quantitative estimate of drug-likeness (QED) is 0.671. The lowest BCUT2D eigenvalue weighted by atomic mass is 9.82. The zero-order valence-electron chi connectivity index (χ0n) is 14.7. The molecule has 0 spiro atoms. The molecule has 26 heavy (non-hydrogen) atoms. The van der Waals surface area contributed by atoms with E-state index in [4.69, 9.17) is 21.4 Å². The summed E-state index contributed by atoms with van der Waals surface area (Å²) in [5, 5.41) is 5.35. The molecular formula is C21H19ClN2O2. The van der Waals surface area contributed by atoms with E-state index in [9.17, 15) is 4.79 Å². The number of fused-ring (bicyclic) bond motifs is 1. The summed E-state index contributed by atoms with van der Waals surface area (Å²) in [5.41, 5.74) is 4.33. The van der Waals surface area contributed by atoms with Gasteiger partial charge in [-0.25, -0.2) is 4.68 Å². The van der Waals surface area contributed by atoms with Crippen LogP contribution in [0.1, 0.15) is 39.6 Å². The summed E-state index contributed by atoms with van der Waals surface area (Å²) in [6.07, 6.45) is 1.26. The van der Waals surface area contributed by atoms with Crippen LogP contribution in [0.5, 0.6) is 5.75 Å². The maximum absolute atomic E-state index is 12.8. The van der Waals surface area contributed by atoms with E-state index in [-0.39, 0.29) is 11.7 Å². The Bertz CT molecular complexity index is 979. The van der Waals surface area contributed by atoms with Crippen LogP contribution in [0.15, 0.2) is 48.5 Å². The smallest absolute Gasteiger partial charge is 0.167 e. The molecule has 3 aromatic rings. The Morgan fingerprint density at radius 2 is 1.92 bits per heavy atom. The van der Waals surface area contributed by atoms with Crippen molar-refractivity contribution in [3.8, 4) is 11.4 Å². The molecule has 0 unspecified atom stereocenters. The van der Waals surface area contributed by atoms with Crippen LogP contribution in [0.2, 0.25) is 5.02 Å². The first kappa shape index (κ1) is 16.9. The zero-order valence-corrected chi connectivity index (χ0v) is 15.5. The fourth-order valence-electron chi connectivity index (χ4n) is 3.72. The summed E-state index contributed by atoms with van der Waals surface area (Å²) >= 11 is 6.17. The number of nitrogens with zero attached hydrogens (tertiary/aromatic N) is 2. The number of halogens is 1.